The molecule has 2 aromatic carbocycles. The van der Waals surface area contributed by atoms with E-state index in [0.717, 1.165) is 5.56 Å². The van der Waals surface area contributed by atoms with Crippen molar-refractivity contribution in [1.29, 1.82) is 0 Å². The minimum absolute atomic E-state index is 0.119. The first-order valence-corrected chi connectivity index (χ1v) is 10.1. The topological polar surface area (TPSA) is 128 Å². The third kappa shape index (κ3) is 7.28. The number of hydrogen-bond donors (Lipinski definition) is 3. The summed E-state index contributed by atoms with van der Waals surface area (Å²) in [5.41, 5.74) is 6.77. The molecule has 0 aliphatic carbocycles. The SMILES string of the molecule is NC(=O)[C@H](Cc1ccccc1)NC(=O)Cn1cc(NC(=O)CCOc2ccccc2)cn1. The zero-order valence-electron chi connectivity index (χ0n) is 17.4. The molecule has 3 amide bonds. The van der Waals surface area contributed by atoms with Gasteiger partial charge in [0.25, 0.3) is 0 Å². The number of benzene rings is 2. The fourth-order valence-corrected chi connectivity index (χ4v) is 2.98. The number of carbonyl (C=O) groups is 3. The van der Waals surface area contributed by atoms with Gasteiger partial charge in [-0.15, -0.1) is 0 Å². The maximum atomic E-state index is 12.3. The number of para-hydroxylation sites is 1. The van der Waals surface area contributed by atoms with Crippen molar-refractivity contribution in [3.8, 4) is 5.75 Å². The molecule has 0 fully saturated rings. The average Bonchev–Trinajstić information content (AvgIpc) is 3.21. The summed E-state index contributed by atoms with van der Waals surface area (Å²) in [5.74, 6) is -0.572. The van der Waals surface area contributed by atoms with E-state index in [2.05, 4.69) is 15.7 Å². The Kier molecular flexibility index (Phi) is 7.96. The number of aromatic nitrogens is 2. The second-order valence-electron chi connectivity index (χ2n) is 7.10. The van der Waals surface area contributed by atoms with E-state index >= 15 is 0 Å². The Morgan fingerprint density at radius 2 is 1.69 bits per heavy atom. The van der Waals surface area contributed by atoms with Gasteiger partial charge in [-0.2, -0.15) is 5.10 Å². The van der Waals surface area contributed by atoms with Gasteiger partial charge in [0.15, 0.2) is 0 Å². The summed E-state index contributed by atoms with van der Waals surface area (Å²) in [6.45, 7) is 0.119. The lowest BCUT2D eigenvalue weighted by molar-refractivity contribution is -0.127. The monoisotopic (exact) mass is 435 g/mol. The summed E-state index contributed by atoms with van der Waals surface area (Å²) in [4.78, 5) is 36.1. The maximum Gasteiger partial charge on any atom is 0.242 e. The Hall–Kier alpha value is -4.14. The number of primary amides is 1. The van der Waals surface area contributed by atoms with Crippen LogP contribution in [-0.4, -0.2) is 40.2 Å². The van der Waals surface area contributed by atoms with E-state index in [1.807, 2.05) is 60.7 Å². The predicted molar refractivity (Wildman–Crippen MR) is 119 cm³/mol. The van der Waals surface area contributed by atoms with Crippen molar-refractivity contribution in [2.75, 3.05) is 11.9 Å². The van der Waals surface area contributed by atoms with Crippen LogP contribution in [0.15, 0.2) is 73.1 Å². The predicted octanol–water partition coefficient (Wildman–Crippen LogP) is 1.50. The fraction of sp³-hybridized carbons (Fsp3) is 0.217. The smallest absolute Gasteiger partial charge is 0.242 e. The number of nitrogens with one attached hydrogen (secondary N) is 2. The van der Waals surface area contributed by atoms with Gasteiger partial charge < -0.3 is 21.1 Å². The molecule has 0 bridgehead atoms. The summed E-state index contributed by atoms with van der Waals surface area (Å²) in [7, 11) is 0. The summed E-state index contributed by atoms with van der Waals surface area (Å²) in [6.07, 6.45) is 3.44. The van der Waals surface area contributed by atoms with Crippen LogP contribution in [0.5, 0.6) is 5.75 Å². The molecule has 0 saturated carbocycles. The highest BCUT2D eigenvalue weighted by atomic mass is 16.5. The van der Waals surface area contributed by atoms with Crippen LogP contribution in [0.1, 0.15) is 12.0 Å². The summed E-state index contributed by atoms with van der Waals surface area (Å²) < 4.78 is 6.87. The van der Waals surface area contributed by atoms with Gasteiger partial charge in [0.05, 0.1) is 24.9 Å². The lowest BCUT2D eigenvalue weighted by Gasteiger charge is -2.15. The van der Waals surface area contributed by atoms with Gasteiger partial charge in [-0.25, -0.2) is 0 Å². The van der Waals surface area contributed by atoms with Crippen LogP contribution in [0.25, 0.3) is 0 Å². The minimum atomic E-state index is -0.829. The Labute approximate surface area is 185 Å². The van der Waals surface area contributed by atoms with Gasteiger partial charge in [-0.1, -0.05) is 48.5 Å². The number of anilines is 1. The van der Waals surface area contributed by atoms with Crippen molar-refractivity contribution >= 4 is 23.4 Å². The van der Waals surface area contributed by atoms with E-state index in [-0.39, 0.29) is 25.5 Å². The molecular formula is C23H25N5O4. The van der Waals surface area contributed by atoms with Crippen LogP contribution in [0.3, 0.4) is 0 Å². The molecule has 9 heteroatoms. The normalized spacial score (nSPS) is 11.4. The Bertz CT molecular complexity index is 1040. The quantitative estimate of drug-likeness (QED) is 0.420. The number of amides is 3. The molecule has 0 radical (unpaired) electrons. The van der Waals surface area contributed by atoms with E-state index < -0.39 is 17.9 Å². The molecule has 0 aliphatic rings. The summed E-state index contributed by atoms with van der Waals surface area (Å²) in [5, 5.41) is 9.40. The fourth-order valence-electron chi connectivity index (χ4n) is 2.98. The second-order valence-corrected chi connectivity index (χ2v) is 7.10. The number of rotatable bonds is 11. The van der Waals surface area contributed by atoms with Gasteiger partial charge in [-0.05, 0) is 17.7 Å². The lowest BCUT2D eigenvalue weighted by atomic mass is 10.1. The highest BCUT2D eigenvalue weighted by Crippen LogP contribution is 2.10. The van der Waals surface area contributed by atoms with Crippen LogP contribution < -0.4 is 21.1 Å². The molecular weight excluding hydrogens is 410 g/mol. The molecule has 1 aromatic heterocycles. The van der Waals surface area contributed by atoms with Gasteiger partial charge in [0, 0.05) is 12.6 Å². The Morgan fingerprint density at radius 1 is 1.00 bits per heavy atom. The van der Waals surface area contributed by atoms with Crippen LogP contribution in [-0.2, 0) is 27.3 Å². The van der Waals surface area contributed by atoms with Crippen LogP contribution in [0, 0.1) is 0 Å². The summed E-state index contributed by atoms with van der Waals surface area (Å²) in [6, 6.07) is 17.7. The third-order valence-corrected chi connectivity index (χ3v) is 4.52. The van der Waals surface area contributed by atoms with E-state index in [1.54, 1.807) is 0 Å². The number of ether oxygens (including phenoxy) is 1. The molecule has 0 aliphatic heterocycles. The number of carbonyl (C=O) groups excluding carboxylic acids is 3. The van der Waals surface area contributed by atoms with Crippen molar-refractivity contribution in [2.45, 2.75) is 25.4 Å². The molecule has 3 aromatic rings. The van der Waals surface area contributed by atoms with Crippen LogP contribution >= 0.6 is 0 Å². The third-order valence-electron chi connectivity index (χ3n) is 4.52. The standard InChI is InChI=1S/C23H25N5O4/c24-23(31)20(13-17-7-3-1-4-8-17)27-22(30)16-28-15-18(14-25-28)26-21(29)11-12-32-19-9-5-2-6-10-19/h1-10,14-15,20H,11-13,16H2,(H2,24,31)(H,26,29)(H,27,30)/t20-/m0/s1. The first-order chi connectivity index (χ1) is 15.5. The first-order valence-electron chi connectivity index (χ1n) is 10.1. The zero-order valence-corrected chi connectivity index (χ0v) is 17.4. The van der Waals surface area contributed by atoms with Gasteiger partial charge in [0.1, 0.15) is 18.3 Å². The van der Waals surface area contributed by atoms with Gasteiger partial charge in [0.2, 0.25) is 17.7 Å². The maximum absolute atomic E-state index is 12.3. The lowest BCUT2D eigenvalue weighted by Crippen LogP contribution is -2.46. The van der Waals surface area contributed by atoms with Crippen LogP contribution in [0.2, 0.25) is 0 Å². The van der Waals surface area contributed by atoms with Crippen molar-refractivity contribution in [2.24, 2.45) is 5.73 Å². The molecule has 3 rings (SSSR count). The number of nitrogens with two attached hydrogens (primary N) is 1. The first kappa shape index (κ1) is 22.5. The largest absolute Gasteiger partial charge is 0.493 e. The Morgan fingerprint density at radius 3 is 2.38 bits per heavy atom. The van der Waals surface area contributed by atoms with E-state index in [0.29, 0.717) is 17.9 Å². The number of hydrogen-bond acceptors (Lipinski definition) is 5. The van der Waals surface area contributed by atoms with E-state index in [1.165, 1.54) is 17.1 Å². The molecule has 4 N–H and O–H groups in total. The minimum Gasteiger partial charge on any atom is -0.493 e. The highest BCUT2D eigenvalue weighted by Gasteiger charge is 2.19. The zero-order chi connectivity index (χ0) is 22.8. The van der Waals surface area contributed by atoms with Gasteiger partial charge in [-0.3, -0.25) is 19.1 Å². The molecule has 0 unspecified atom stereocenters. The van der Waals surface area contributed by atoms with Crippen molar-refractivity contribution in [3.63, 3.8) is 0 Å². The second kappa shape index (κ2) is 11.3. The van der Waals surface area contributed by atoms with Crippen molar-refractivity contribution < 1.29 is 19.1 Å². The van der Waals surface area contributed by atoms with Crippen LogP contribution in [0.4, 0.5) is 5.69 Å². The molecule has 0 spiro atoms. The van der Waals surface area contributed by atoms with Gasteiger partial charge >= 0.3 is 0 Å². The van der Waals surface area contributed by atoms with Crippen molar-refractivity contribution in [3.05, 3.63) is 78.6 Å². The molecule has 166 valence electrons. The average molecular weight is 435 g/mol. The molecule has 9 nitrogen and oxygen atoms in total. The van der Waals surface area contributed by atoms with E-state index in [9.17, 15) is 14.4 Å². The van der Waals surface area contributed by atoms with Crippen molar-refractivity contribution in [1.82, 2.24) is 15.1 Å². The summed E-state index contributed by atoms with van der Waals surface area (Å²) >= 11 is 0. The van der Waals surface area contributed by atoms with E-state index in [4.69, 9.17) is 10.5 Å². The molecule has 32 heavy (non-hydrogen) atoms. The number of nitrogens with zero attached hydrogens (tertiary/aromatic N) is 2. The Balaban J connectivity index is 1.44. The highest BCUT2D eigenvalue weighted by molar-refractivity contribution is 5.90. The molecule has 0 saturated heterocycles. The molecule has 1 heterocycles. The molecule has 1 atom stereocenters.